The lowest BCUT2D eigenvalue weighted by Crippen LogP contribution is -2.61. The molecule has 2 N–H and O–H groups in total. The Hall–Kier alpha value is -2.04. The van der Waals surface area contributed by atoms with E-state index in [4.69, 9.17) is 0 Å². The Morgan fingerprint density at radius 2 is 1.70 bits per heavy atom. The summed E-state index contributed by atoms with van der Waals surface area (Å²) in [6, 6.07) is 7.99. The van der Waals surface area contributed by atoms with Crippen LogP contribution in [0.2, 0.25) is 0 Å². The second kappa shape index (κ2) is 6.54. The van der Waals surface area contributed by atoms with Gasteiger partial charge in [-0.2, -0.15) is 0 Å². The molecule has 4 bridgehead atoms. The molecule has 4 fully saturated rings. The topological polar surface area (TPSA) is 61.4 Å². The first kappa shape index (κ1) is 17.1. The molecule has 1 aromatic rings. The standard InChI is InChI=1S/C22H29N3O2/c26-20(25-8-6-18-3-1-2-4-19(18)25)5-7-23-21(27)24-22-12-15-9-16(13-22)11-17(10-15)14-22/h1-4,15-17H,5-14H2,(H2,23,24,27). The molecule has 1 heterocycles. The van der Waals surface area contributed by atoms with Crippen molar-refractivity contribution in [2.45, 2.75) is 56.9 Å². The highest BCUT2D eigenvalue weighted by molar-refractivity contribution is 5.95. The van der Waals surface area contributed by atoms with E-state index in [0.717, 1.165) is 55.7 Å². The Bertz CT molecular complexity index is 724. The van der Waals surface area contributed by atoms with E-state index < -0.39 is 0 Å². The normalized spacial score (nSPS) is 33.0. The van der Waals surface area contributed by atoms with Crippen molar-refractivity contribution in [3.8, 4) is 0 Å². The fraction of sp³-hybridized carbons (Fsp3) is 0.636. The van der Waals surface area contributed by atoms with Gasteiger partial charge in [0.25, 0.3) is 0 Å². The molecular formula is C22H29N3O2. The number of nitrogens with one attached hydrogen (secondary N) is 2. The number of hydrogen-bond donors (Lipinski definition) is 2. The molecular weight excluding hydrogens is 338 g/mol. The average molecular weight is 367 g/mol. The quantitative estimate of drug-likeness (QED) is 0.858. The van der Waals surface area contributed by atoms with Crippen LogP contribution >= 0.6 is 0 Å². The highest BCUT2D eigenvalue weighted by Gasteiger charge is 2.51. The zero-order valence-electron chi connectivity index (χ0n) is 15.9. The Balaban J connectivity index is 1.12. The van der Waals surface area contributed by atoms with Gasteiger partial charge in [-0.25, -0.2) is 4.79 Å². The number of benzene rings is 1. The smallest absolute Gasteiger partial charge is 0.315 e. The minimum absolute atomic E-state index is 0.0245. The van der Waals surface area contributed by atoms with E-state index in [0.29, 0.717) is 13.0 Å². The van der Waals surface area contributed by atoms with Crippen molar-refractivity contribution in [1.29, 1.82) is 0 Å². The number of para-hydroxylation sites is 1. The molecule has 5 heteroatoms. The van der Waals surface area contributed by atoms with Crippen LogP contribution < -0.4 is 15.5 Å². The van der Waals surface area contributed by atoms with Crippen LogP contribution in [0.25, 0.3) is 0 Å². The van der Waals surface area contributed by atoms with Crippen LogP contribution in [0.5, 0.6) is 0 Å². The summed E-state index contributed by atoms with van der Waals surface area (Å²) >= 11 is 0. The van der Waals surface area contributed by atoms with E-state index in [1.54, 1.807) is 0 Å². The molecule has 1 aliphatic heterocycles. The SMILES string of the molecule is O=C(NCCC(=O)N1CCc2ccccc21)NC12CC3CC(CC(C3)C1)C2. The van der Waals surface area contributed by atoms with Crippen LogP contribution in [-0.4, -0.2) is 30.6 Å². The molecule has 0 aromatic heterocycles. The molecule has 0 saturated heterocycles. The summed E-state index contributed by atoms with van der Waals surface area (Å²) in [7, 11) is 0. The Morgan fingerprint density at radius 1 is 1.04 bits per heavy atom. The molecule has 0 spiro atoms. The maximum Gasteiger partial charge on any atom is 0.315 e. The summed E-state index contributed by atoms with van der Waals surface area (Å²) < 4.78 is 0. The minimum Gasteiger partial charge on any atom is -0.338 e. The molecule has 0 radical (unpaired) electrons. The van der Waals surface area contributed by atoms with Crippen molar-refractivity contribution in [2.24, 2.45) is 17.8 Å². The number of fused-ring (bicyclic) bond motifs is 1. The van der Waals surface area contributed by atoms with Gasteiger partial charge < -0.3 is 15.5 Å². The first-order valence-corrected chi connectivity index (χ1v) is 10.5. The number of urea groups is 1. The van der Waals surface area contributed by atoms with Crippen molar-refractivity contribution in [1.82, 2.24) is 10.6 Å². The van der Waals surface area contributed by atoms with E-state index in [1.807, 2.05) is 23.1 Å². The third-order valence-electron chi connectivity index (χ3n) is 7.23. The molecule has 5 nitrogen and oxygen atoms in total. The van der Waals surface area contributed by atoms with E-state index in [2.05, 4.69) is 16.7 Å². The van der Waals surface area contributed by atoms with Gasteiger partial charge in [0.2, 0.25) is 5.91 Å². The number of rotatable bonds is 4. The van der Waals surface area contributed by atoms with Gasteiger partial charge in [0, 0.05) is 30.7 Å². The summed E-state index contributed by atoms with van der Waals surface area (Å²) in [6.45, 7) is 1.15. The first-order chi connectivity index (χ1) is 13.1. The van der Waals surface area contributed by atoms with Gasteiger partial charge in [0.1, 0.15) is 0 Å². The van der Waals surface area contributed by atoms with Crippen molar-refractivity contribution in [2.75, 3.05) is 18.0 Å². The Kier molecular flexibility index (Phi) is 4.14. The number of anilines is 1. The highest BCUT2D eigenvalue weighted by atomic mass is 16.2. The van der Waals surface area contributed by atoms with Gasteiger partial charge >= 0.3 is 6.03 Å². The highest BCUT2D eigenvalue weighted by Crippen LogP contribution is 2.55. The van der Waals surface area contributed by atoms with Gasteiger partial charge in [0.15, 0.2) is 0 Å². The van der Waals surface area contributed by atoms with E-state index in [-0.39, 0.29) is 17.5 Å². The monoisotopic (exact) mass is 367 g/mol. The average Bonchev–Trinajstić information content (AvgIpc) is 3.04. The van der Waals surface area contributed by atoms with Crippen LogP contribution in [0.4, 0.5) is 10.5 Å². The molecule has 5 aliphatic rings. The van der Waals surface area contributed by atoms with Gasteiger partial charge in [-0.15, -0.1) is 0 Å². The number of amides is 3. The van der Waals surface area contributed by atoms with E-state index in [1.165, 1.54) is 24.8 Å². The maximum absolute atomic E-state index is 12.6. The molecule has 144 valence electrons. The van der Waals surface area contributed by atoms with Crippen LogP contribution in [0.15, 0.2) is 24.3 Å². The van der Waals surface area contributed by atoms with Crippen molar-refractivity contribution in [3.05, 3.63) is 29.8 Å². The number of nitrogens with zero attached hydrogens (tertiary/aromatic N) is 1. The third kappa shape index (κ3) is 3.21. The second-order valence-corrected chi connectivity index (χ2v) is 9.25. The van der Waals surface area contributed by atoms with Gasteiger partial charge in [0.05, 0.1) is 0 Å². The van der Waals surface area contributed by atoms with E-state index >= 15 is 0 Å². The number of carbonyl (C=O) groups is 2. The number of hydrogen-bond acceptors (Lipinski definition) is 2. The molecule has 0 unspecified atom stereocenters. The number of carbonyl (C=O) groups excluding carboxylic acids is 2. The molecule has 27 heavy (non-hydrogen) atoms. The van der Waals surface area contributed by atoms with Gasteiger partial charge in [-0.05, 0) is 74.3 Å². The van der Waals surface area contributed by atoms with Crippen LogP contribution in [0.1, 0.15) is 50.5 Å². The lowest BCUT2D eigenvalue weighted by atomic mass is 9.53. The predicted octanol–water partition coefficient (Wildman–Crippen LogP) is 3.23. The molecule has 4 saturated carbocycles. The van der Waals surface area contributed by atoms with Gasteiger partial charge in [-0.3, -0.25) is 4.79 Å². The summed E-state index contributed by atoms with van der Waals surface area (Å²) in [6.07, 6.45) is 8.82. The van der Waals surface area contributed by atoms with Gasteiger partial charge in [-0.1, -0.05) is 18.2 Å². The van der Waals surface area contributed by atoms with Crippen LogP contribution in [0.3, 0.4) is 0 Å². The van der Waals surface area contributed by atoms with Crippen LogP contribution in [-0.2, 0) is 11.2 Å². The molecule has 0 atom stereocenters. The molecule has 1 aromatic carbocycles. The summed E-state index contributed by atoms with van der Waals surface area (Å²) in [5, 5.41) is 6.25. The fourth-order valence-electron chi connectivity index (χ4n) is 6.56. The molecule has 6 rings (SSSR count). The fourth-order valence-corrected chi connectivity index (χ4v) is 6.56. The summed E-state index contributed by atoms with van der Waals surface area (Å²) in [5.74, 6) is 2.53. The first-order valence-electron chi connectivity index (χ1n) is 10.5. The minimum atomic E-state index is -0.0911. The molecule has 3 amide bonds. The largest absolute Gasteiger partial charge is 0.338 e. The Morgan fingerprint density at radius 3 is 2.41 bits per heavy atom. The zero-order chi connectivity index (χ0) is 18.4. The third-order valence-corrected chi connectivity index (χ3v) is 7.23. The lowest BCUT2D eigenvalue weighted by molar-refractivity contribution is -0.118. The molecule has 4 aliphatic carbocycles. The summed E-state index contributed by atoms with van der Waals surface area (Å²) in [5.41, 5.74) is 2.29. The van der Waals surface area contributed by atoms with Crippen molar-refractivity contribution in [3.63, 3.8) is 0 Å². The summed E-state index contributed by atoms with van der Waals surface area (Å²) in [4.78, 5) is 26.9. The van der Waals surface area contributed by atoms with Crippen molar-refractivity contribution < 1.29 is 9.59 Å². The van der Waals surface area contributed by atoms with E-state index in [9.17, 15) is 9.59 Å². The second-order valence-electron chi connectivity index (χ2n) is 9.25. The lowest BCUT2D eigenvalue weighted by Gasteiger charge is -2.56. The maximum atomic E-state index is 12.6. The predicted molar refractivity (Wildman–Crippen MR) is 105 cm³/mol. The zero-order valence-corrected chi connectivity index (χ0v) is 15.9. The van der Waals surface area contributed by atoms with Crippen LogP contribution in [0, 0.1) is 17.8 Å². The Labute approximate surface area is 160 Å². The van der Waals surface area contributed by atoms with Crippen molar-refractivity contribution >= 4 is 17.6 Å².